The monoisotopic (exact) mass is 342 g/mol. The van der Waals surface area contributed by atoms with Gasteiger partial charge in [-0.1, -0.05) is 12.2 Å². The van der Waals surface area contributed by atoms with Crippen molar-refractivity contribution in [2.75, 3.05) is 6.54 Å². The molecule has 112 valence electrons. The zero-order valence-corrected chi connectivity index (χ0v) is 13.7. The van der Waals surface area contributed by atoms with Gasteiger partial charge in [0.1, 0.15) is 9.88 Å². The summed E-state index contributed by atoms with van der Waals surface area (Å²) in [7, 11) is -3.59. The van der Waals surface area contributed by atoms with Crippen LogP contribution in [0.2, 0.25) is 0 Å². The molecular formula is C12H14N4O2S3. The number of thiocarbonyl (C=S) groups is 1. The molecule has 0 amide bonds. The van der Waals surface area contributed by atoms with Crippen LogP contribution >= 0.6 is 23.6 Å². The lowest BCUT2D eigenvalue weighted by Gasteiger charge is -2.06. The maximum atomic E-state index is 12.1. The van der Waals surface area contributed by atoms with Crippen molar-refractivity contribution in [2.24, 2.45) is 5.73 Å². The SMILES string of the molecule is Cc1csc(CCNS(=O)(=O)c2ccc(C(N)=S)nc2)n1. The number of sulfonamides is 1. The second kappa shape index (κ2) is 6.56. The van der Waals surface area contributed by atoms with Crippen LogP contribution in [0.5, 0.6) is 0 Å². The number of aryl methyl sites for hydroxylation is 1. The highest BCUT2D eigenvalue weighted by molar-refractivity contribution is 7.89. The van der Waals surface area contributed by atoms with Gasteiger partial charge in [-0.25, -0.2) is 18.1 Å². The van der Waals surface area contributed by atoms with E-state index < -0.39 is 10.0 Å². The Hall–Kier alpha value is -1.42. The van der Waals surface area contributed by atoms with Crippen LogP contribution in [0.4, 0.5) is 0 Å². The first-order valence-electron chi connectivity index (χ1n) is 6.05. The number of rotatable bonds is 6. The Labute approximate surface area is 132 Å². The van der Waals surface area contributed by atoms with Crippen LogP contribution in [0.25, 0.3) is 0 Å². The molecule has 2 rings (SSSR count). The van der Waals surface area contributed by atoms with Crippen molar-refractivity contribution >= 4 is 38.6 Å². The molecular weight excluding hydrogens is 328 g/mol. The summed E-state index contributed by atoms with van der Waals surface area (Å²) in [6.07, 6.45) is 1.79. The molecule has 3 N–H and O–H groups in total. The molecule has 0 atom stereocenters. The molecule has 0 fully saturated rings. The van der Waals surface area contributed by atoms with Gasteiger partial charge in [0.05, 0.1) is 10.7 Å². The van der Waals surface area contributed by atoms with Gasteiger partial charge in [-0.15, -0.1) is 11.3 Å². The molecule has 2 aromatic heterocycles. The highest BCUT2D eigenvalue weighted by Crippen LogP contribution is 2.10. The highest BCUT2D eigenvalue weighted by Gasteiger charge is 2.14. The molecule has 0 spiro atoms. The number of nitrogens with one attached hydrogen (secondary N) is 1. The molecule has 0 aliphatic heterocycles. The number of hydrogen-bond acceptors (Lipinski definition) is 6. The number of aromatic nitrogens is 2. The van der Waals surface area contributed by atoms with Gasteiger partial charge in [-0.05, 0) is 19.1 Å². The van der Waals surface area contributed by atoms with Crippen LogP contribution in [-0.2, 0) is 16.4 Å². The van der Waals surface area contributed by atoms with Crippen LogP contribution in [0.1, 0.15) is 16.4 Å². The average molecular weight is 342 g/mol. The molecule has 9 heteroatoms. The third kappa shape index (κ3) is 4.27. The Bertz CT molecular complexity index is 738. The maximum absolute atomic E-state index is 12.1. The Kier molecular flexibility index (Phi) is 4.99. The number of nitrogens with two attached hydrogens (primary N) is 1. The summed E-state index contributed by atoms with van der Waals surface area (Å²) in [5.74, 6) is 0. The van der Waals surface area contributed by atoms with Gasteiger partial charge < -0.3 is 5.73 Å². The van der Waals surface area contributed by atoms with E-state index in [1.165, 1.54) is 29.7 Å². The molecule has 0 unspecified atom stereocenters. The van der Waals surface area contributed by atoms with Crippen molar-refractivity contribution in [3.05, 3.63) is 40.1 Å². The fraction of sp³-hybridized carbons (Fsp3) is 0.250. The van der Waals surface area contributed by atoms with E-state index in [9.17, 15) is 8.42 Å². The number of hydrogen-bond donors (Lipinski definition) is 2. The van der Waals surface area contributed by atoms with E-state index >= 15 is 0 Å². The second-order valence-corrected chi connectivity index (χ2v) is 7.42. The van der Waals surface area contributed by atoms with Gasteiger partial charge in [0.2, 0.25) is 10.0 Å². The van der Waals surface area contributed by atoms with E-state index in [0.717, 1.165) is 10.7 Å². The Morgan fingerprint density at radius 3 is 2.76 bits per heavy atom. The van der Waals surface area contributed by atoms with E-state index in [2.05, 4.69) is 14.7 Å². The number of nitrogens with zero attached hydrogens (tertiary/aromatic N) is 2. The molecule has 0 saturated heterocycles. The third-order valence-corrected chi connectivity index (χ3v) is 5.28. The molecule has 0 radical (unpaired) electrons. The summed E-state index contributed by atoms with van der Waals surface area (Å²) in [4.78, 5) is 8.41. The standard InChI is InChI=1S/C12H14N4O2S3/c1-8-7-20-11(16-8)4-5-15-21(17,18)9-2-3-10(12(13)19)14-6-9/h2-3,6-7,15H,4-5H2,1H3,(H2,13,19). The first-order valence-corrected chi connectivity index (χ1v) is 8.82. The quantitative estimate of drug-likeness (QED) is 0.760. The zero-order valence-electron chi connectivity index (χ0n) is 11.2. The van der Waals surface area contributed by atoms with Crippen molar-refractivity contribution < 1.29 is 8.42 Å². The smallest absolute Gasteiger partial charge is 0.242 e. The van der Waals surface area contributed by atoms with Gasteiger partial charge in [-0.3, -0.25) is 4.98 Å². The minimum absolute atomic E-state index is 0.0813. The largest absolute Gasteiger partial charge is 0.388 e. The molecule has 0 aliphatic rings. The molecule has 2 aromatic rings. The van der Waals surface area contributed by atoms with Gasteiger partial charge >= 0.3 is 0 Å². The van der Waals surface area contributed by atoms with E-state index in [-0.39, 0.29) is 16.4 Å². The normalized spacial score (nSPS) is 11.5. The average Bonchev–Trinajstić information content (AvgIpc) is 2.84. The van der Waals surface area contributed by atoms with Crippen molar-refractivity contribution in [3.8, 4) is 0 Å². The number of thiazole rings is 1. The molecule has 6 nitrogen and oxygen atoms in total. The van der Waals surface area contributed by atoms with Crippen molar-refractivity contribution in [1.29, 1.82) is 0 Å². The fourth-order valence-electron chi connectivity index (χ4n) is 1.58. The lowest BCUT2D eigenvalue weighted by molar-refractivity contribution is 0.581. The summed E-state index contributed by atoms with van der Waals surface area (Å²) in [6, 6.07) is 2.92. The van der Waals surface area contributed by atoms with Crippen LogP contribution in [0.3, 0.4) is 0 Å². The zero-order chi connectivity index (χ0) is 15.5. The second-order valence-electron chi connectivity index (χ2n) is 4.27. The van der Waals surface area contributed by atoms with Crippen LogP contribution in [0.15, 0.2) is 28.6 Å². The summed E-state index contributed by atoms with van der Waals surface area (Å²) in [5.41, 5.74) is 6.75. The van der Waals surface area contributed by atoms with E-state index in [0.29, 0.717) is 12.1 Å². The van der Waals surface area contributed by atoms with Crippen LogP contribution in [0, 0.1) is 6.92 Å². The van der Waals surface area contributed by atoms with Crippen molar-refractivity contribution in [3.63, 3.8) is 0 Å². The molecule has 2 heterocycles. The fourth-order valence-corrected chi connectivity index (χ4v) is 3.45. The summed E-state index contributed by atoms with van der Waals surface area (Å²) in [5, 5.41) is 2.83. The van der Waals surface area contributed by atoms with Crippen LogP contribution < -0.4 is 10.5 Å². The summed E-state index contributed by atoms with van der Waals surface area (Å²) < 4.78 is 26.7. The van der Waals surface area contributed by atoms with Gasteiger partial charge in [0.15, 0.2) is 0 Å². The van der Waals surface area contributed by atoms with Gasteiger partial charge in [-0.2, -0.15) is 0 Å². The van der Waals surface area contributed by atoms with E-state index in [1.54, 1.807) is 0 Å². The molecule has 0 bridgehead atoms. The first kappa shape index (κ1) is 16.0. The minimum atomic E-state index is -3.59. The van der Waals surface area contributed by atoms with E-state index in [1.807, 2.05) is 12.3 Å². The van der Waals surface area contributed by atoms with Crippen molar-refractivity contribution in [2.45, 2.75) is 18.2 Å². The van der Waals surface area contributed by atoms with Crippen molar-refractivity contribution in [1.82, 2.24) is 14.7 Å². The lowest BCUT2D eigenvalue weighted by atomic mass is 10.3. The minimum Gasteiger partial charge on any atom is -0.388 e. The predicted molar refractivity (Wildman–Crippen MR) is 85.9 cm³/mol. The molecule has 21 heavy (non-hydrogen) atoms. The van der Waals surface area contributed by atoms with E-state index in [4.69, 9.17) is 18.0 Å². The number of pyridine rings is 1. The Morgan fingerprint density at radius 2 is 2.24 bits per heavy atom. The summed E-state index contributed by atoms with van der Waals surface area (Å²) >= 11 is 6.28. The third-order valence-electron chi connectivity index (χ3n) is 2.60. The maximum Gasteiger partial charge on any atom is 0.242 e. The predicted octanol–water partition coefficient (Wildman–Crippen LogP) is 1.00. The van der Waals surface area contributed by atoms with Crippen LogP contribution in [-0.4, -0.2) is 29.9 Å². The molecule has 0 aliphatic carbocycles. The summed E-state index contributed by atoms with van der Waals surface area (Å²) in [6.45, 7) is 2.19. The first-order chi connectivity index (χ1) is 9.88. The molecule has 0 saturated carbocycles. The topological polar surface area (TPSA) is 98.0 Å². The molecule has 0 aromatic carbocycles. The van der Waals surface area contributed by atoms with Gasteiger partial charge in [0, 0.05) is 30.2 Å². The van der Waals surface area contributed by atoms with Gasteiger partial charge in [0.25, 0.3) is 0 Å². The highest BCUT2D eigenvalue weighted by atomic mass is 32.2. The lowest BCUT2D eigenvalue weighted by Crippen LogP contribution is -2.26. The Balaban J connectivity index is 1.99. The Morgan fingerprint density at radius 1 is 1.48 bits per heavy atom.